The van der Waals surface area contributed by atoms with Crippen LogP contribution in [0.3, 0.4) is 0 Å². The molecule has 88 valence electrons. The van der Waals surface area contributed by atoms with Gasteiger partial charge >= 0.3 is 11.5 Å². The molecule has 15 heavy (non-hydrogen) atoms. The Kier molecular flexibility index (Phi) is 4.27. The van der Waals surface area contributed by atoms with E-state index in [0.29, 0.717) is 19.6 Å². The van der Waals surface area contributed by atoms with Crippen molar-refractivity contribution in [2.45, 2.75) is 11.9 Å². The number of carbonyl (C=O) groups is 1. The van der Waals surface area contributed by atoms with Gasteiger partial charge in [0.25, 0.3) is 0 Å². The van der Waals surface area contributed by atoms with Crippen LogP contribution in [0.5, 0.6) is 0 Å². The Morgan fingerprint density at radius 1 is 1.47 bits per heavy atom. The molecule has 1 heterocycles. The first-order chi connectivity index (χ1) is 6.87. The zero-order valence-corrected chi connectivity index (χ0v) is 8.77. The number of carboxylic acid groups (broad SMARTS) is 1. The zero-order chi connectivity index (χ0) is 11.5. The lowest BCUT2D eigenvalue weighted by atomic mass is 9.97. The molecule has 0 saturated carbocycles. The molecular formula is C8H12F3NO2S. The first-order valence-corrected chi connectivity index (χ1v) is 5.50. The predicted molar refractivity (Wildman–Crippen MR) is 50.7 cm³/mol. The van der Waals surface area contributed by atoms with Gasteiger partial charge in [-0.05, 0) is 17.7 Å². The summed E-state index contributed by atoms with van der Waals surface area (Å²) in [5.74, 6) is -0.716. The summed E-state index contributed by atoms with van der Waals surface area (Å²) in [6.45, 7) is 1.58. The van der Waals surface area contributed by atoms with Crippen molar-refractivity contribution in [1.29, 1.82) is 0 Å². The lowest BCUT2D eigenvalue weighted by Gasteiger charge is -2.38. The second-order valence-corrected chi connectivity index (χ2v) is 4.68. The molecule has 1 fully saturated rings. The first-order valence-electron chi connectivity index (χ1n) is 4.51. The number of thioether (sulfide) groups is 1. The standard InChI is InChI=1S/C8H12F3NO2S/c9-8(10,11)15-2-1-12-4-6(5-12)3-7(13)14/h6H,1-5H2,(H,13,14). The number of alkyl halides is 3. The van der Waals surface area contributed by atoms with E-state index in [-0.39, 0.29) is 29.9 Å². The van der Waals surface area contributed by atoms with Crippen molar-refractivity contribution in [3.63, 3.8) is 0 Å². The maximum Gasteiger partial charge on any atom is 0.441 e. The molecular weight excluding hydrogens is 231 g/mol. The summed E-state index contributed by atoms with van der Waals surface area (Å²) >= 11 is -0.0317. The number of hydrogen-bond donors (Lipinski definition) is 1. The quantitative estimate of drug-likeness (QED) is 0.797. The molecule has 0 aromatic carbocycles. The van der Waals surface area contributed by atoms with E-state index in [0.717, 1.165) is 0 Å². The van der Waals surface area contributed by atoms with Crippen LogP contribution in [0.4, 0.5) is 13.2 Å². The van der Waals surface area contributed by atoms with E-state index in [1.807, 2.05) is 4.90 Å². The molecule has 1 saturated heterocycles. The minimum Gasteiger partial charge on any atom is -0.481 e. The van der Waals surface area contributed by atoms with Crippen molar-refractivity contribution in [2.75, 3.05) is 25.4 Å². The van der Waals surface area contributed by atoms with Gasteiger partial charge in [-0.25, -0.2) is 0 Å². The number of halogens is 3. The third-order valence-electron chi connectivity index (χ3n) is 2.17. The molecule has 0 amide bonds. The largest absolute Gasteiger partial charge is 0.481 e. The van der Waals surface area contributed by atoms with E-state index in [1.165, 1.54) is 0 Å². The highest BCUT2D eigenvalue weighted by atomic mass is 32.2. The molecule has 1 N–H and O–H groups in total. The summed E-state index contributed by atoms with van der Waals surface area (Å²) in [5, 5.41) is 8.45. The van der Waals surface area contributed by atoms with Gasteiger partial charge in [0, 0.05) is 25.4 Å². The van der Waals surface area contributed by atoms with Crippen LogP contribution in [0, 0.1) is 5.92 Å². The van der Waals surface area contributed by atoms with Crippen molar-refractivity contribution in [3.05, 3.63) is 0 Å². The number of hydrogen-bond acceptors (Lipinski definition) is 3. The van der Waals surface area contributed by atoms with E-state index in [4.69, 9.17) is 5.11 Å². The highest BCUT2D eigenvalue weighted by Crippen LogP contribution is 2.30. The van der Waals surface area contributed by atoms with Crippen molar-refractivity contribution in [1.82, 2.24) is 4.90 Å². The van der Waals surface area contributed by atoms with Crippen LogP contribution in [0.2, 0.25) is 0 Å². The van der Waals surface area contributed by atoms with Crippen LogP contribution in [-0.2, 0) is 4.79 Å². The summed E-state index contributed by atoms with van der Waals surface area (Å²) in [7, 11) is 0. The average Bonchev–Trinajstić information content (AvgIpc) is 1.96. The van der Waals surface area contributed by atoms with E-state index >= 15 is 0 Å². The molecule has 1 aliphatic heterocycles. The van der Waals surface area contributed by atoms with Crippen molar-refractivity contribution in [3.8, 4) is 0 Å². The maximum atomic E-state index is 11.7. The normalized spacial score (nSPS) is 18.9. The zero-order valence-electron chi connectivity index (χ0n) is 7.96. The van der Waals surface area contributed by atoms with Crippen molar-refractivity contribution >= 4 is 17.7 Å². The lowest BCUT2D eigenvalue weighted by molar-refractivity contribution is -0.139. The summed E-state index contributed by atoms with van der Waals surface area (Å²) in [6.07, 6.45) is 0.114. The molecule has 1 aliphatic rings. The minimum atomic E-state index is -4.16. The second kappa shape index (κ2) is 5.07. The van der Waals surface area contributed by atoms with Crippen LogP contribution in [0.25, 0.3) is 0 Å². The topological polar surface area (TPSA) is 40.5 Å². The van der Waals surface area contributed by atoms with Crippen molar-refractivity contribution < 1.29 is 23.1 Å². The van der Waals surface area contributed by atoms with Crippen LogP contribution in [-0.4, -0.2) is 46.9 Å². The summed E-state index contributed by atoms with van der Waals surface area (Å²) in [4.78, 5) is 12.1. The Balaban J connectivity index is 2.01. The number of aliphatic carboxylic acids is 1. The van der Waals surface area contributed by atoms with Crippen molar-refractivity contribution in [2.24, 2.45) is 5.92 Å². The second-order valence-electron chi connectivity index (χ2n) is 3.52. The number of nitrogens with zero attached hydrogens (tertiary/aromatic N) is 1. The minimum absolute atomic E-state index is 0.0172. The molecule has 3 nitrogen and oxygen atoms in total. The Bertz CT molecular complexity index is 228. The Morgan fingerprint density at radius 3 is 2.53 bits per heavy atom. The van der Waals surface area contributed by atoms with Crippen LogP contribution >= 0.6 is 11.8 Å². The van der Waals surface area contributed by atoms with Crippen LogP contribution < -0.4 is 0 Å². The SMILES string of the molecule is O=C(O)CC1CN(CCSC(F)(F)F)C1. The van der Waals surface area contributed by atoms with E-state index in [1.54, 1.807) is 0 Å². The van der Waals surface area contributed by atoms with Gasteiger partial charge in [-0.1, -0.05) is 0 Å². The average molecular weight is 243 g/mol. The molecule has 0 spiro atoms. The fraction of sp³-hybridized carbons (Fsp3) is 0.875. The van der Waals surface area contributed by atoms with Gasteiger partial charge in [0.05, 0.1) is 6.42 Å². The van der Waals surface area contributed by atoms with Gasteiger partial charge in [-0.2, -0.15) is 13.2 Å². The molecule has 7 heteroatoms. The number of likely N-dealkylation sites (tertiary alicyclic amines) is 1. The van der Waals surface area contributed by atoms with Gasteiger partial charge in [0.15, 0.2) is 0 Å². The highest BCUT2D eigenvalue weighted by molar-refractivity contribution is 8.00. The van der Waals surface area contributed by atoms with Gasteiger partial charge in [0.2, 0.25) is 0 Å². The molecule has 0 aliphatic carbocycles. The summed E-state index contributed by atoms with van der Waals surface area (Å²) in [6, 6.07) is 0. The molecule has 0 bridgehead atoms. The molecule has 0 aromatic rings. The van der Waals surface area contributed by atoms with Gasteiger partial charge in [-0.3, -0.25) is 4.79 Å². The first kappa shape index (κ1) is 12.6. The maximum absolute atomic E-state index is 11.7. The van der Waals surface area contributed by atoms with Gasteiger partial charge in [-0.15, -0.1) is 0 Å². The molecule has 0 unspecified atom stereocenters. The molecule has 0 aromatic heterocycles. The highest BCUT2D eigenvalue weighted by Gasteiger charge is 2.31. The van der Waals surface area contributed by atoms with Crippen LogP contribution in [0.15, 0.2) is 0 Å². The van der Waals surface area contributed by atoms with E-state index in [9.17, 15) is 18.0 Å². The third-order valence-corrected chi connectivity index (χ3v) is 2.88. The third kappa shape index (κ3) is 5.27. The number of carboxylic acids is 1. The lowest BCUT2D eigenvalue weighted by Crippen LogP contribution is -2.48. The molecule has 1 rings (SSSR count). The van der Waals surface area contributed by atoms with Gasteiger partial charge in [0.1, 0.15) is 0 Å². The van der Waals surface area contributed by atoms with Crippen LogP contribution in [0.1, 0.15) is 6.42 Å². The fourth-order valence-electron chi connectivity index (χ4n) is 1.53. The number of rotatable bonds is 5. The summed E-state index contributed by atoms with van der Waals surface area (Å²) in [5.41, 5.74) is -4.16. The van der Waals surface area contributed by atoms with E-state index < -0.39 is 11.5 Å². The van der Waals surface area contributed by atoms with E-state index in [2.05, 4.69) is 0 Å². The fourth-order valence-corrected chi connectivity index (χ4v) is 2.11. The monoisotopic (exact) mass is 243 g/mol. The Hall–Kier alpha value is -0.430. The molecule has 0 atom stereocenters. The smallest absolute Gasteiger partial charge is 0.441 e. The predicted octanol–water partition coefficient (Wildman–Crippen LogP) is 1.65. The summed E-state index contributed by atoms with van der Waals surface area (Å²) < 4.78 is 35.2. The van der Waals surface area contributed by atoms with Gasteiger partial charge < -0.3 is 10.0 Å². The Labute approximate surface area is 89.6 Å². The molecule has 0 radical (unpaired) electrons. The Morgan fingerprint density at radius 2 is 2.07 bits per heavy atom.